The van der Waals surface area contributed by atoms with E-state index in [1.54, 1.807) is 0 Å². The maximum absolute atomic E-state index is 9.95. The molecule has 5 aliphatic carbocycles. The van der Waals surface area contributed by atoms with Gasteiger partial charge in [-0.3, -0.25) is 0 Å². The number of hydrogen-bond acceptors (Lipinski definition) is 1. The Labute approximate surface area is 129 Å². The zero-order chi connectivity index (χ0) is 14.7. The minimum Gasteiger partial charge on any atom is -0.396 e. The van der Waals surface area contributed by atoms with Crippen molar-refractivity contribution in [2.24, 2.45) is 45.3 Å². The third kappa shape index (κ3) is 1.24. The Morgan fingerprint density at radius 3 is 2.48 bits per heavy atom. The summed E-state index contributed by atoms with van der Waals surface area (Å²) in [5.74, 6) is 3.88. The van der Waals surface area contributed by atoms with Gasteiger partial charge in [-0.2, -0.15) is 0 Å². The lowest BCUT2D eigenvalue weighted by atomic mass is 9.43. The standard InChI is InChI=1S/C20H32O/c1-17(2)7-4-8-18(3)14(17)6-10-20-13-11-19(12-21,16(13)20)9-5-15(18)20/h13-16,21H,4-12H2,1-3H3/t13?,14-,15+,16-,18-,19-,20-/m0/s1. The molecule has 1 heteroatoms. The minimum atomic E-state index is 0.383. The molecule has 0 bridgehead atoms. The molecule has 1 unspecified atom stereocenters. The molecule has 5 rings (SSSR count). The van der Waals surface area contributed by atoms with Crippen molar-refractivity contribution in [2.45, 2.75) is 72.1 Å². The monoisotopic (exact) mass is 288 g/mol. The summed E-state index contributed by atoms with van der Waals surface area (Å²) in [5, 5.41) is 9.95. The van der Waals surface area contributed by atoms with Crippen molar-refractivity contribution in [1.29, 1.82) is 0 Å². The lowest BCUT2D eigenvalue weighted by Crippen LogP contribution is -2.54. The van der Waals surface area contributed by atoms with E-state index in [-0.39, 0.29) is 0 Å². The zero-order valence-corrected chi connectivity index (χ0v) is 14.1. The van der Waals surface area contributed by atoms with Crippen molar-refractivity contribution < 1.29 is 5.11 Å². The summed E-state index contributed by atoms with van der Waals surface area (Å²) in [7, 11) is 0. The number of aliphatic hydroxyl groups is 1. The Morgan fingerprint density at radius 2 is 1.71 bits per heavy atom. The van der Waals surface area contributed by atoms with Crippen molar-refractivity contribution in [3.05, 3.63) is 0 Å². The van der Waals surface area contributed by atoms with E-state index in [2.05, 4.69) is 20.8 Å². The fourth-order valence-corrected chi connectivity index (χ4v) is 9.08. The van der Waals surface area contributed by atoms with Gasteiger partial charge in [0.1, 0.15) is 0 Å². The Morgan fingerprint density at radius 1 is 0.952 bits per heavy atom. The Bertz CT molecular complexity index is 496. The first-order valence-electron chi connectivity index (χ1n) is 9.52. The highest BCUT2D eigenvalue weighted by molar-refractivity contribution is 5.32. The molecule has 0 heterocycles. The first kappa shape index (κ1) is 13.4. The van der Waals surface area contributed by atoms with E-state index in [1.165, 1.54) is 51.4 Å². The topological polar surface area (TPSA) is 20.2 Å². The normalized spacial score (nSPS) is 62.9. The molecule has 7 atom stereocenters. The van der Waals surface area contributed by atoms with Crippen LogP contribution in [-0.4, -0.2) is 11.7 Å². The number of rotatable bonds is 1. The average molecular weight is 288 g/mol. The summed E-state index contributed by atoms with van der Waals surface area (Å²) >= 11 is 0. The second-order valence-electron chi connectivity index (χ2n) is 10.5. The van der Waals surface area contributed by atoms with Crippen LogP contribution < -0.4 is 0 Å². The van der Waals surface area contributed by atoms with Crippen LogP contribution in [0.5, 0.6) is 0 Å². The fourth-order valence-electron chi connectivity index (χ4n) is 9.08. The van der Waals surface area contributed by atoms with Gasteiger partial charge >= 0.3 is 0 Å². The molecule has 0 aliphatic heterocycles. The van der Waals surface area contributed by atoms with Crippen LogP contribution in [0.1, 0.15) is 72.1 Å². The summed E-state index contributed by atoms with van der Waals surface area (Å²) in [6.45, 7) is 8.26. The fraction of sp³-hybridized carbons (Fsp3) is 1.00. The quantitative estimate of drug-likeness (QED) is 0.745. The van der Waals surface area contributed by atoms with Gasteiger partial charge in [0, 0.05) is 6.61 Å². The van der Waals surface area contributed by atoms with E-state index in [1.807, 2.05) is 0 Å². The molecule has 5 aliphatic rings. The van der Waals surface area contributed by atoms with E-state index >= 15 is 0 Å². The van der Waals surface area contributed by atoms with Crippen LogP contribution in [0, 0.1) is 45.3 Å². The molecule has 0 aromatic carbocycles. The largest absolute Gasteiger partial charge is 0.396 e. The molecule has 118 valence electrons. The smallest absolute Gasteiger partial charge is 0.0490 e. The third-order valence-electron chi connectivity index (χ3n) is 9.68. The highest BCUT2D eigenvalue weighted by Gasteiger charge is 2.85. The maximum atomic E-state index is 9.95. The van der Waals surface area contributed by atoms with Crippen LogP contribution in [0.3, 0.4) is 0 Å². The minimum absolute atomic E-state index is 0.383. The SMILES string of the molecule is CC1(C)CCC[C@]2(C)[C@H]3CC[C@@]4(CO)CC5[C@@H]4[C@@]53CC[C@@H]12. The summed E-state index contributed by atoms with van der Waals surface area (Å²) in [6, 6.07) is 0. The highest BCUT2D eigenvalue weighted by Crippen LogP contribution is 2.90. The Balaban J connectivity index is 1.54. The summed E-state index contributed by atoms with van der Waals surface area (Å²) in [4.78, 5) is 0. The molecule has 1 spiro atoms. The number of hydrogen-bond donors (Lipinski definition) is 1. The van der Waals surface area contributed by atoms with Gasteiger partial charge in [-0.15, -0.1) is 0 Å². The molecule has 0 radical (unpaired) electrons. The first-order chi connectivity index (χ1) is 9.91. The van der Waals surface area contributed by atoms with Crippen LogP contribution in [-0.2, 0) is 0 Å². The van der Waals surface area contributed by atoms with Gasteiger partial charge < -0.3 is 5.11 Å². The van der Waals surface area contributed by atoms with Gasteiger partial charge in [0.25, 0.3) is 0 Å². The molecule has 0 amide bonds. The van der Waals surface area contributed by atoms with Crippen molar-refractivity contribution >= 4 is 0 Å². The van der Waals surface area contributed by atoms with Crippen LogP contribution in [0.4, 0.5) is 0 Å². The van der Waals surface area contributed by atoms with Gasteiger partial charge in [0.15, 0.2) is 0 Å². The molecule has 5 fully saturated rings. The predicted molar refractivity (Wildman–Crippen MR) is 84.7 cm³/mol. The van der Waals surface area contributed by atoms with Crippen LogP contribution >= 0.6 is 0 Å². The molecule has 0 saturated heterocycles. The van der Waals surface area contributed by atoms with Crippen molar-refractivity contribution in [3.8, 4) is 0 Å². The first-order valence-corrected chi connectivity index (χ1v) is 9.52. The molecular weight excluding hydrogens is 256 g/mol. The van der Waals surface area contributed by atoms with Gasteiger partial charge in [0.2, 0.25) is 0 Å². The second kappa shape index (κ2) is 3.55. The highest BCUT2D eigenvalue weighted by atomic mass is 16.3. The molecule has 1 nitrogen and oxygen atoms in total. The summed E-state index contributed by atoms with van der Waals surface area (Å²) in [5.41, 5.74) is 2.25. The molecule has 5 saturated carbocycles. The number of aliphatic hydroxyl groups excluding tert-OH is 1. The van der Waals surface area contributed by atoms with Gasteiger partial charge in [-0.25, -0.2) is 0 Å². The van der Waals surface area contributed by atoms with Gasteiger partial charge in [0.05, 0.1) is 0 Å². The van der Waals surface area contributed by atoms with Gasteiger partial charge in [-0.1, -0.05) is 27.2 Å². The molecule has 0 aromatic heterocycles. The van der Waals surface area contributed by atoms with Crippen LogP contribution in [0.15, 0.2) is 0 Å². The average Bonchev–Trinajstić information content (AvgIpc) is 2.99. The van der Waals surface area contributed by atoms with Crippen molar-refractivity contribution in [2.75, 3.05) is 6.61 Å². The lowest BCUT2D eigenvalue weighted by molar-refractivity contribution is -0.130. The van der Waals surface area contributed by atoms with E-state index < -0.39 is 0 Å². The van der Waals surface area contributed by atoms with E-state index in [9.17, 15) is 5.11 Å². The molecular formula is C20H32O. The van der Waals surface area contributed by atoms with Gasteiger partial charge in [-0.05, 0) is 90.3 Å². The van der Waals surface area contributed by atoms with Crippen molar-refractivity contribution in [1.82, 2.24) is 0 Å². The van der Waals surface area contributed by atoms with E-state index in [0.717, 1.165) is 23.7 Å². The molecule has 21 heavy (non-hydrogen) atoms. The maximum Gasteiger partial charge on any atom is 0.0490 e. The van der Waals surface area contributed by atoms with Crippen molar-refractivity contribution in [3.63, 3.8) is 0 Å². The zero-order valence-electron chi connectivity index (χ0n) is 14.1. The lowest BCUT2D eigenvalue weighted by Gasteiger charge is -2.62. The third-order valence-corrected chi connectivity index (χ3v) is 9.68. The number of fused-ring (bicyclic) bond motifs is 2. The summed E-state index contributed by atoms with van der Waals surface area (Å²) < 4.78 is 0. The second-order valence-corrected chi connectivity index (χ2v) is 10.5. The Kier molecular flexibility index (Phi) is 2.27. The summed E-state index contributed by atoms with van der Waals surface area (Å²) in [6.07, 6.45) is 11.5. The van der Waals surface area contributed by atoms with Crippen LogP contribution in [0.25, 0.3) is 0 Å². The molecule has 1 N–H and O–H groups in total. The van der Waals surface area contributed by atoms with E-state index in [4.69, 9.17) is 0 Å². The van der Waals surface area contributed by atoms with E-state index in [0.29, 0.717) is 28.3 Å². The van der Waals surface area contributed by atoms with Crippen LogP contribution in [0.2, 0.25) is 0 Å². The predicted octanol–water partition coefficient (Wildman–Crippen LogP) is 4.64. The Hall–Kier alpha value is -0.0400. The molecule has 0 aromatic rings.